The van der Waals surface area contributed by atoms with Crippen LogP contribution in [0.2, 0.25) is 0 Å². The molecular formula is C18H32O8S. The average Bonchev–Trinajstić information content (AvgIpc) is 3.12. The maximum Gasteiger partial charge on any atom is 0.171 e. The molecule has 0 aliphatic heterocycles. The van der Waals surface area contributed by atoms with Crippen LogP contribution in [0, 0.1) is 0 Å². The lowest BCUT2D eigenvalue weighted by Gasteiger charge is -2.10. The molecule has 0 radical (unpaired) electrons. The van der Waals surface area contributed by atoms with Gasteiger partial charge >= 0.3 is 0 Å². The van der Waals surface area contributed by atoms with Crippen molar-refractivity contribution < 1.29 is 37.9 Å². The molecule has 8 nitrogen and oxygen atoms in total. The molecular weight excluding hydrogens is 376 g/mol. The van der Waals surface area contributed by atoms with E-state index in [0.717, 1.165) is 11.5 Å². The molecule has 0 unspecified atom stereocenters. The van der Waals surface area contributed by atoms with Crippen LogP contribution in [0.15, 0.2) is 10.8 Å². The van der Waals surface area contributed by atoms with Gasteiger partial charge in [0.15, 0.2) is 11.5 Å². The highest BCUT2D eigenvalue weighted by atomic mass is 32.1. The first-order chi connectivity index (χ1) is 13.4. The minimum atomic E-state index is 0.459. The molecule has 0 N–H and O–H groups in total. The second-order valence-electron chi connectivity index (χ2n) is 5.23. The lowest BCUT2D eigenvalue weighted by atomic mass is 10.5. The number of rotatable bonds is 20. The van der Waals surface area contributed by atoms with Crippen LogP contribution >= 0.6 is 11.3 Å². The number of thiophene rings is 1. The molecule has 0 saturated heterocycles. The molecule has 0 aliphatic carbocycles. The van der Waals surface area contributed by atoms with E-state index in [1.807, 2.05) is 10.8 Å². The van der Waals surface area contributed by atoms with Crippen molar-refractivity contribution in [3.05, 3.63) is 10.8 Å². The summed E-state index contributed by atoms with van der Waals surface area (Å²) in [7, 11) is 3.29. The number of hydrogen-bond acceptors (Lipinski definition) is 9. The quantitative estimate of drug-likeness (QED) is 0.303. The highest BCUT2D eigenvalue weighted by Gasteiger charge is 2.06. The Kier molecular flexibility index (Phi) is 16.4. The number of methoxy groups -OCH3 is 2. The van der Waals surface area contributed by atoms with E-state index in [1.165, 1.54) is 11.3 Å². The van der Waals surface area contributed by atoms with E-state index < -0.39 is 0 Å². The summed E-state index contributed by atoms with van der Waals surface area (Å²) in [6.07, 6.45) is 0. The Morgan fingerprint density at radius 2 is 0.852 bits per heavy atom. The van der Waals surface area contributed by atoms with Crippen LogP contribution < -0.4 is 9.47 Å². The molecule has 27 heavy (non-hydrogen) atoms. The third kappa shape index (κ3) is 13.8. The van der Waals surface area contributed by atoms with Gasteiger partial charge in [0, 0.05) is 25.0 Å². The summed E-state index contributed by atoms with van der Waals surface area (Å²) in [5.74, 6) is 1.45. The van der Waals surface area contributed by atoms with Gasteiger partial charge in [0.05, 0.1) is 66.1 Å². The van der Waals surface area contributed by atoms with Crippen LogP contribution in [0.4, 0.5) is 0 Å². The normalized spacial score (nSPS) is 11.0. The average molecular weight is 409 g/mol. The Morgan fingerprint density at radius 3 is 1.22 bits per heavy atom. The van der Waals surface area contributed by atoms with E-state index >= 15 is 0 Å². The van der Waals surface area contributed by atoms with Gasteiger partial charge in [-0.1, -0.05) is 0 Å². The zero-order chi connectivity index (χ0) is 19.4. The first kappa shape index (κ1) is 24.1. The highest BCUT2D eigenvalue weighted by Crippen LogP contribution is 2.31. The van der Waals surface area contributed by atoms with Gasteiger partial charge in [-0.2, -0.15) is 0 Å². The van der Waals surface area contributed by atoms with E-state index in [1.54, 1.807) is 14.2 Å². The largest absolute Gasteiger partial charge is 0.486 e. The predicted octanol–water partition coefficient (Wildman–Crippen LogP) is 1.86. The van der Waals surface area contributed by atoms with Gasteiger partial charge in [-0.25, -0.2) is 0 Å². The molecule has 0 saturated carbocycles. The fraction of sp³-hybridized carbons (Fsp3) is 0.778. The van der Waals surface area contributed by atoms with Gasteiger partial charge in [0.2, 0.25) is 0 Å². The molecule has 0 aromatic carbocycles. The first-order valence-corrected chi connectivity index (χ1v) is 9.93. The van der Waals surface area contributed by atoms with Gasteiger partial charge in [-0.15, -0.1) is 11.3 Å². The summed E-state index contributed by atoms with van der Waals surface area (Å²) in [5.41, 5.74) is 0. The number of ether oxygens (including phenoxy) is 8. The lowest BCUT2D eigenvalue weighted by molar-refractivity contribution is 0.0160. The van der Waals surface area contributed by atoms with Crippen molar-refractivity contribution in [2.45, 2.75) is 0 Å². The molecule has 0 atom stereocenters. The zero-order valence-electron chi connectivity index (χ0n) is 16.3. The minimum absolute atomic E-state index is 0.459. The molecule has 1 aromatic heterocycles. The second kappa shape index (κ2) is 18.4. The summed E-state index contributed by atoms with van der Waals surface area (Å²) in [4.78, 5) is 0. The van der Waals surface area contributed by atoms with Gasteiger partial charge < -0.3 is 37.9 Å². The molecule has 0 spiro atoms. The fourth-order valence-electron chi connectivity index (χ4n) is 1.83. The summed E-state index contributed by atoms with van der Waals surface area (Å²) in [5, 5.41) is 3.82. The van der Waals surface area contributed by atoms with Crippen molar-refractivity contribution in [2.24, 2.45) is 0 Å². The second-order valence-corrected chi connectivity index (χ2v) is 5.98. The third-order valence-corrected chi connectivity index (χ3v) is 3.87. The maximum absolute atomic E-state index is 5.68. The van der Waals surface area contributed by atoms with Crippen molar-refractivity contribution in [2.75, 3.05) is 93.5 Å². The van der Waals surface area contributed by atoms with E-state index in [9.17, 15) is 0 Å². The van der Waals surface area contributed by atoms with E-state index in [4.69, 9.17) is 37.9 Å². The molecule has 0 fully saturated rings. The molecule has 0 amide bonds. The summed E-state index contributed by atoms with van der Waals surface area (Å²) < 4.78 is 42.7. The van der Waals surface area contributed by atoms with Crippen molar-refractivity contribution in [3.63, 3.8) is 0 Å². The van der Waals surface area contributed by atoms with Crippen LogP contribution in [0.5, 0.6) is 11.5 Å². The fourth-order valence-corrected chi connectivity index (χ4v) is 2.52. The van der Waals surface area contributed by atoms with Crippen LogP contribution in [0.3, 0.4) is 0 Å². The highest BCUT2D eigenvalue weighted by molar-refractivity contribution is 7.08. The van der Waals surface area contributed by atoms with Gasteiger partial charge in [0.1, 0.15) is 13.2 Å². The number of hydrogen-bond donors (Lipinski definition) is 0. The molecule has 1 heterocycles. The molecule has 9 heteroatoms. The molecule has 1 rings (SSSR count). The lowest BCUT2D eigenvalue weighted by Crippen LogP contribution is -2.13. The van der Waals surface area contributed by atoms with Gasteiger partial charge in [0.25, 0.3) is 0 Å². The summed E-state index contributed by atoms with van der Waals surface area (Å²) in [6, 6.07) is 0. The Bertz CT molecular complexity index is 393. The monoisotopic (exact) mass is 408 g/mol. The molecule has 158 valence electrons. The minimum Gasteiger partial charge on any atom is -0.486 e. The predicted molar refractivity (Wildman–Crippen MR) is 102 cm³/mol. The molecule has 0 aliphatic rings. The Balaban J connectivity index is 1.96. The smallest absolute Gasteiger partial charge is 0.171 e. The van der Waals surface area contributed by atoms with Crippen molar-refractivity contribution in [1.82, 2.24) is 0 Å². The van der Waals surface area contributed by atoms with Crippen LogP contribution in [0.1, 0.15) is 0 Å². The first-order valence-electron chi connectivity index (χ1n) is 8.99. The Labute approximate surface area is 165 Å². The van der Waals surface area contributed by atoms with Crippen molar-refractivity contribution in [1.29, 1.82) is 0 Å². The SMILES string of the molecule is COCCOCCOCCOc1cscc1OCCOCCOCCOC. The Hall–Kier alpha value is -0.940. The van der Waals surface area contributed by atoms with E-state index in [0.29, 0.717) is 79.3 Å². The van der Waals surface area contributed by atoms with E-state index in [2.05, 4.69) is 0 Å². The topological polar surface area (TPSA) is 73.8 Å². The van der Waals surface area contributed by atoms with Crippen molar-refractivity contribution >= 4 is 11.3 Å². The van der Waals surface area contributed by atoms with Crippen LogP contribution in [0.25, 0.3) is 0 Å². The van der Waals surface area contributed by atoms with Crippen LogP contribution in [-0.2, 0) is 28.4 Å². The summed E-state index contributed by atoms with van der Waals surface area (Å²) in [6.45, 7) is 6.42. The summed E-state index contributed by atoms with van der Waals surface area (Å²) >= 11 is 1.53. The molecule has 0 bridgehead atoms. The van der Waals surface area contributed by atoms with Gasteiger partial charge in [-0.3, -0.25) is 0 Å². The maximum atomic E-state index is 5.68. The van der Waals surface area contributed by atoms with Crippen LogP contribution in [-0.4, -0.2) is 93.5 Å². The van der Waals surface area contributed by atoms with E-state index in [-0.39, 0.29) is 0 Å². The van der Waals surface area contributed by atoms with Crippen molar-refractivity contribution in [3.8, 4) is 11.5 Å². The Morgan fingerprint density at radius 1 is 0.519 bits per heavy atom. The molecule has 1 aromatic rings. The zero-order valence-corrected chi connectivity index (χ0v) is 17.1. The third-order valence-electron chi connectivity index (χ3n) is 3.17. The van der Waals surface area contributed by atoms with Gasteiger partial charge in [-0.05, 0) is 0 Å². The standard InChI is InChI=1S/C18H32O8S/c1-19-3-5-21-7-9-23-11-13-25-17-15-27-16-18(17)26-14-12-24-10-8-22-6-4-20-2/h15-16H,3-14H2,1-2H3.